The summed E-state index contributed by atoms with van der Waals surface area (Å²) in [6, 6.07) is 3.80. The van der Waals surface area contributed by atoms with Gasteiger partial charge in [0.25, 0.3) is 0 Å². The average Bonchev–Trinajstić information content (AvgIpc) is 2.79. The average molecular weight is 257 g/mol. The van der Waals surface area contributed by atoms with Gasteiger partial charge in [-0.25, -0.2) is 0 Å². The van der Waals surface area contributed by atoms with Crippen LogP contribution in [0.25, 0.3) is 0 Å². The van der Waals surface area contributed by atoms with Crippen LogP contribution in [0.3, 0.4) is 0 Å². The summed E-state index contributed by atoms with van der Waals surface area (Å²) in [5.41, 5.74) is 1.45. The zero-order chi connectivity index (χ0) is 10.3. The normalized spacial score (nSPS) is 18.2. The Labute approximate surface area is 91.7 Å². The molecule has 0 bridgehead atoms. The van der Waals surface area contributed by atoms with Crippen molar-refractivity contribution in [2.75, 3.05) is 0 Å². The van der Waals surface area contributed by atoms with Crippen molar-refractivity contribution in [3.8, 4) is 5.75 Å². The van der Waals surface area contributed by atoms with Crippen LogP contribution >= 0.6 is 15.9 Å². The van der Waals surface area contributed by atoms with E-state index < -0.39 is 5.60 Å². The molecule has 0 aliphatic heterocycles. The molecule has 0 atom stereocenters. The third-order valence-corrected chi connectivity index (χ3v) is 3.28. The largest absolute Gasteiger partial charge is 0.506 e. The Kier molecular flexibility index (Phi) is 2.32. The van der Waals surface area contributed by atoms with Crippen molar-refractivity contribution in [1.82, 2.24) is 0 Å². The highest BCUT2D eigenvalue weighted by atomic mass is 79.9. The lowest BCUT2D eigenvalue weighted by atomic mass is 10.0. The first-order chi connectivity index (χ1) is 6.50. The molecule has 2 nitrogen and oxygen atoms in total. The van der Waals surface area contributed by atoms with Crippen molar-refractivity contribution >= 4 is 15.9 Å². The molecule has 1 aliphatic carbocycles. The lowest BCUT2D eigenvalue weighted by Crippen LogP contribution is -2.10. The first kappa shape index (κ1) is 9.99. The van der Waals surface area contributed by atoms with Gasteiger partial charge in [0, 0.05) is 6.42 Å². The minimum Gasteiger partial charge on any atom is -0.506 e. The number of phenols is 1. The highest BCUT2D eigenvalue weighted by molar-refractivity contribution is 9.10. The van der Waals surface area contributed by atoms with Crippen LogP contribution in [-0.2, 0) is 6.42 Å². The van der Waals surface area contributed by atoms with E-state index in [0.717, 1.165) is 24.0 Å². The summed E-state index contributed by atoms with van der Waals surface area (Å²) < 4.78 is 0.705. The standard InChI is InChI=1S/C11H13BrO2/c1-7-4-8(5-9(12)10(7)13)6-11(14)2-3-11/h4-5,13-14H,2-3,6H2,1H3. The summed E-state index contributed by atoms with van der Waals surface area (Å²) in [6.07, 6.45) is 2.47. The van der Waals surface area contributed by atoms with Gasteiger partial charge in [0.05, 0.1) is 10.1 Å². The molecule has 1 aliphatic rings. The molecule has 1 aromatic carbocycles. The number of hydrogen-bond acceptors (Lipinski definition) is 2. The smallest absolute Gasteiger partial charge is 0.132 e. The molecule has 3 heteroatoms. The molecule has 2 rings (SSSR count). The molecule has 0 aromatic heterocycles. The SMILES string of the molecule is Cc1cc(CC2(O)CC2)cc(Br)c1O. The topological polar surface area (TPSA) is 40.5 Å². The van der Waals surface area contributed by atoms with Gasteiger partial charge in [-0.3, -0.25) is 0 Å². The van der Waals surface area contributed by atoms with Gasteiger partial charge in [0.15, 0.2) is 0 Å². The fourth-order valence-corrected chi connectivity index (χ4v) is 2.22. The Morgan fingerprint density at radius 1 is 1.43 bits per heavy atom. The van der Waals surface area contributed by atoms with Crippen LogP contribution in [-0.4, -0.2) is 15.8 Å². The van der Waals surface area contributed by atoms with Gasteiger partial charge >= 0.3 is 0 Å². The summed E-state index contributed by atoms with van der Waals surface area (Å²) >= 11 is 3.29. The molecule has 1 aromatic rings. The van der Waals surface area contributed by atoms with Gasteiger partial charge in [0.2, 0.25) is 0 Å². The van der Waals surface area contributed by atoms with Crippen LogP contribution < -0.4 is 0 Å². The van der Waals surface area contributed by atoms with Gasteiger partial charge < -0.3 is 10.2 Å². The third-order valence-electron chi connectivity index (χ3n) is 2.67. The molecule has 0 saturated heterocycles. The molecule has 0 unspecified atom stereocenters. The van der Waals surface area contributed by atoms with E-state index in [2.05, 4.69) is 15.9 Å². The minimum absolute atomic E-state index is 0.288. The molecular weight excluding hydrogens is 244 g/mol. The second-order valence-electron chi connectivity index (χ2n) is 4.14. The Hall–Kier alpha value is -0.540. The van der Waals surface area contributed by atoms with E-state index in [4.69, 9.17) is 0 Å². The van der Waals surface area contributed by atoms with E-state index >= 15 is 0 Å². The molecule has 0 spiro atoms. The van der Waals surface area contributed by atoms with Gasteiger partial charge in [0.1, 0.15) is 5.75 Å². The minimum atomic E-state index is -0.469. The van der Waals surface area contributed by atoms with Crippen molar-refractivity contribution in [1.29, 1.82) is 0 Å². The van der Waals surface area contributed by atoms with Crippen LogP contribution in [0.2, 0.25) is 0 Å². The fraction of sp³-hybridized carbons (Fsp3) is 0.455. The Morgan fingerprint density at radius 3 is 2.57 bits per heavy atom. The number of phenolic OH excluding ortho intramolecular Hbond substituents is 1. The predicted octanol–water partition coefficient (Wildman–Crippen LogP) is 2.53. The molecular formula is C11H13BrO2. The number of aromatic hydroxyl groups is 1. The van der Waals surface area contributed by atoms with Crippen LogP contribution in [0.4, 0.5) is 0 Å². The van der Waals surface area contributed by atoms with Gasteiger partial charge in [-0.1, -0.05) is 6.07 Å². The molecule has 0 amide bonds. The Balaban J connectivity index is 2.26. The van der Waals surface area contributed by atoms with Gasteiger partial charge in [-0.05, 0) is 52.9 Å². The van der Waals surface area contributed by atoms with Crippen molar-refractivity contribution in [2.24, 2.45) is 0 Å². The molecule has 14 heavy (non-hydrogen) atoms. The molecule has 0 heterocycles. The zero-order valence-corrected chi connectivity index (χ0v) is 9.63. The van der Waals surface area contributed by atoms with Gasteiger partial charge in [-0.2, -0.15) is 0 Å². The van der Waals surface area contributed by atoms with Crippen molar-refractivity contribution < 1.29 is 10.2 Å². The number of rotatable bonds is 2. The third kappa shape index (κ3) is 1.93. The first-order valence-corrected chi connectivity index (χ1v) is 5.50. The Morgan fingerprint density at radius 2 is 2.07 bits per heavy atom. The van der Waals surface area contributed by atoms with E-state index in [-0.39, 0.29) is 5.75 Å². The van der Waals surface area contributed by atoms with E-state index in [1.54, 1.807) is 0 Å². The number of aryl methyl sites for hydroxylation is 1. The zero-order valence-electron chi connectivity index (χ0n) is 8.05. The lowest BCUT2D eigenvalue weighted by Gasteiger charge is -2.10. The molecule has 0 radical (unpaired) electrons. The summed E-state index contributed by atoms with van der Waals surface area (Å²) in [5, 5.41) is 19.3. The predicted molar refractivity (Wildman–Crippen MR) is 58.4 cm³/mol. The van der Waals surface area contributed by atoms with Gasteiger partial charge in [-0.15, -0.1) is 0 Å². The van der Waals surface area contributed by atoms with Crippen LogP contribution in [0.5, 0.6) is 5.75 Å². The summed E-state index contributed by atoms with van der Waals surface area (Å²) in [5.74, 6) is 0.288. The van der Waals surface area contributed by atoms with Crippen LogP contribution in [0.15, 0.2) is 16.6 Å². The second kappa shape index (κ2) is 3.24. The highest BCUT2D eigenvalue weighted by Crippen LogP contribution is 2.39. The maximum Gasteiger partial charge on any atom is 0.132 e. The van der Waals surface area contributed by atoms with E-state index in [0.29, 0.717) is 10.9 Å². The van der Waals surface area contributed by atoms with E-state index in [9.17, 15) is 10.2 Å². The summed E-state index contributed by atoms with van der Waals surface area (Å²) in [6.45, 7) is 1.86. The molecule has 2 N–H and O–H groups in total. The summed E-state index contributed by atoms with van der Waals surface area (Å²) in [4.78, 5) is 0. The number of aliphatic hydroxyl groups is 1. The second-order valence-corrected chi connectivity index (χ2v) is 5.00. The maximum atomic E-state index is 9.76. The number of benzene rings is 1. The van der Waals surface area contributed by atoms with E-state index in [1.807, 2.05) is 19.1 Å². The lowest BCUT2D eigenvalue weighted by molar-refractivity contribution is 0.151. The highest BCUT2D eigenvalue weighted by Gasteiger charge is 2.40. The van der Waals surface area contributed by atoms with Crippen molar-refractivity contribution in [3.63, 3.8) is 0 Å². The first-order valence-electron chi connectivity index (χ1n) is 4.71. The van der Waals surface area contributed by atoms with Crippen molar-refractivity contribution in [2.45, 2.75) is 31.8 Å². The van der Waals surface area contributed by atoms with Crippen molar-refractivity contribution in [3.05, 3.63) is 27.7 Å². The molecule has 1 fully saturated rings. The fourth-order valence-electron chi connectivity index (χ4n) is 1.61. The number of halogens is 1. The Bertz CT molecular complexity index is 347. The molecule has 76 valence electrons. The quantitative estimate of drug-likeness (QED) is 0.854. The molecule has 1 saturated carbocycles. The van der Waals surface area contributed by atoms with E-state index in [1.165, 1.54) is 0 Å². The van der Waals surface area contributed by atoms with Crippen LogP contribution in [0, 0.1) is 6.92 Å². The van der Waals surface area contributed by atoms with Crippen LogP contribution in [0.1, 0.15) is 24.0 Å². The monoisotopic (exact) mass is 256 g/mol. The summed E-state index contributed by atoms with van der Waals surface area (Å²) in [7, 11) is 0. The maximum absolute atomic E-state index is 9.76. The number of hydrogen-bond donors (Lipinski definition) is 2.